The van der Waals surface area contributed by atoms with Crippen LogP contribution in [0, 0.1) is 6.92 Å². The highest BCUT2D eigenvalue weighted by molar-refractivity contribution is 6.59. The van der Waals surface area contributed by atoms with E-state index in [9.17, 15) is 0 Å². The maximum atomic E-state index is 9.06. The Morgan fingerprint density at radius 1 is 1.33 bits per heavy atom. The van der Waals surface area contributed by atoms with E-state index in [0.29, 0.717) is 5.46 Å². The Bertz CT molecular complexity index is 345. The van der Waals surface area contributed by atoms with Crippen molar-refractivity contribution in [3.05, 3.63) is 29.3 Å². The summed E-state index contributed by atoms with van der Waals surface area (Å²) < 4.78 is 0. The van der Waals surface area contributed by atoms with Crippen molar-refractivity contribution in [3.8, 4) is 0 Å². The van der Waals surface area contributed by atoms with Crippen LogP contribution in [0.2, 0.25) is 0 Å². The molecule has 82 valence electrons. The third-order valence-corrected chi connectivity index (χ3v) is 2.27. The molecule has 0 unspecified atom stereocenters. The molecule has 1 aromatic carbocycles. The van der Waals surface area contributed by atoms with Gasteiger partial charge in [0.25, 0.3) is 0 Å². The van der Waals surface area contributed by atoms with Gasteiger partial charge in [0, 0.05) is 5.54 Å². The van der Waals surface area contributed by atoms with Crippen LogP contribution in [-0.4, -0.2) is 22.7 Å². The van der Waals surface area contributed by atoms with Crippen LogP contribution < -0.4 is 11.2 Å². The zero-order valence-electron chi connectivity index (χ0n) is 9.49. The molecule has 0 aliphatic carbocycles. The second kappa shape index (κ2) is 4.35. The summed E-state index contributed by atoms with van der Waals surface area (Å²) in [7, 11) is -1.40. The topological polar surface area (TPSA) is 66.5 Å². The van der Waals surface area contributed by atoms with Crippen molar-refractivity contribution >= 4 is 12.6 Å². The van der Waals surface area contributed by atoms with E-state index in [4.69, 9.17) is 15.8 Å². The summed E-state index contributed by atoms with van der Waals surface area (Å²) in [5.41, 5.74) is 8.22. The van der Waals surface area contributed by atoms with Gasteiger partial charge in [-0.1, -0.05) is 23.8 Å². The van der Waals surface area contributed by atoms with Crippen LogP contribution in [0.15, 0.2) is 18.2 Å². The molecule has 0 atom stereocenters. The van der Waals surface area contributed by atoms with Gasteiger partial charge in [0.1, 0.15) is 0 Å². The minimum Gasteiger partial charge on any atom is -0.423 e. The van der Waals surface area contributed by atoms with Crippen LogP contribution in [-0.2, 0) is 6.42 Å². The molecule has 4 heteroatoms. The average Bonchev–Trinajstić information content (AvgIpc) is 1.99. The lowest BCUT2D eigenvalue weighted by Gasteiger charge is -2.19. The maximum absolute atomic E-state index is 9.06. The number of hydrogen-bond acceptors (Lipinski definition) is 3. The first-order chi connectivity index (χ1) is 6.79. The average molecular weight is 207 g/mol. The highest BCUT2D eigenvalue weighted by Crippen LogP contribution is 2.10. The lowest BCUT2D eigenvalue weighted by atomic mass is 9.76. The van der Waals surface area contributed by atoms with Crippen LogP contribution in [0.1, 0.15) is 25.0 Å². The van der Waals surface area contributed by atoms with Crippen molar-refractivity contribution < 1.29 is 10.0 Å². The maximum Gasteiger partial charge on any atom is 0.488 e. The fourth-order valence-corrected chi connectivity index (χ4v) is 1.66. The number of hydrogen-bond donors (Lipinski definition) is 3. The minimum atomic E-state index is -1.40. The van der Waals surface area contributed by atoms with Crippen molar-refractivity contribution in [1.82, 2.24) is 0 Å². The lowest BCUT2D eigenvalue weighted by molar-refractivity contribution is 0.425. The van der Waals surface area contributed by atoms with E-state index < -0.39 is 7.12 Å². The molecule has 0 aliphatic heterocycles. The normalized spacial score (nSPS) is 11.6. The van der Waals surface area contributed by atoms with Crippen molar-refractivity contribution in [2.45, 2.75) is 32.7 Å². The van der Waals surface area contributed by atoms with Gasteiger partial charge in [-0.05, 0) is 38.2 Å². The van der Waals surface area contributed by atoms with Gasteiger partial charge in [0.15, 0.2) is 0 Å². The van der Waals surface area contributed by atoms with Crippen molar-refractivity contribution in [2.75, 3.05) is 0 Å². The van der Waals surface area contributed by atoms with Crippen LogP contribution in [0.25, 0.3) is 0 Å². The van der Waals surface area contributed by atoms with E-state index in [2.05, 4.69) is 0 Å². The predicted octanol–water partition coefficient (Wildman–Crippen LogP) is -0.0454. The Labute approximate surface area is 91.1 Å². The van der Waals surface area contributed by atoms with Crippen LogP contribution in [0.4, 0.5) is 0 Å². The molecule has 0 radical (unpaired) electrons. The third-order valence-electron chi connectivity index (χ3n) is 2.27. The second-order valence-electron chi connectivity index (χ2n) is 4.73. The fraction of sp³-hybridized carbons (Fsp3) is 0.455. The largest absolute Gasteiger partial charge is 0.488 e. The standard InChI is InChI=1S/C11H18BNO2/c1-8-6-9(7-11(2,3)13)4-5-10(8)12(14)15/h4-6,14-15H,7,13H2,1-3H3. The molecule has 0 saturated heterocycles. The molecule has 0 spiro atoms. The number of benzene rings is 1. The van der Waals surface area contributed by atoms with Crippen molar-refractivity contribution in [3.63, 3.8) is 0 Å². The molecule has 1 rings (SSSR count). The Kier molecular flexibility index (Phi) is 3.55. The Hall–Kier alpha value is -0.835. The summed E-state index contributed by atoms with van der Waals surface area (Å²) in [6.07, 6.45) is 0.773. The SMILES string of the molecule is Cc1cc(CC(C)(C)N)ccc1B(O)O. The summed E-state index contributed by atoms with van der Waals surface area (Å²) in [6.45, 7) is 5.80. The predicted molar refractivity (Wildman–Crippen MR) is 63.0 cm³/mol. The molecule has 1 aromatic rings. The molecule has 0 heterocycles. The molecule has 3 nitrogen and oxygen atoms in total. The summed E-state index contributed by atoms with van der Waals surface area (Å²) in [6, 6.07) is 5.57. The Morgan fingerprint density at radius 2 is 1.93 bits per heavy atom. The lowest BCUT2D eigenvalue weighted by Crippen LogP contribution is -2.35. The number of aryl methyl sites for hydroxylation is 1. The van der Waals surface area contributed by atoms with Crippen LogP contribution in [0.3, 0.4) is 0 Å². The quantitative estimate of drug-likeness (QED) is 0.609. The number of rotatable bonds is 3. The highest BCUT2D eigenvalue weighted by atomic mass is 16.4. The zero-order valence-corrected chi connectivity index (χ0v) is 9.49. The molecule has 4 N–H and O–H groups in total. The molecule has 0 aliphatic rings. The monoisotopic (exact) mass is 207 g/mol. The van der Waals surface area contributed by atoms with Crippen LogP contribution in [0.5, 0.6) is 0 Å². The van der Waals surface area contributed by atoms with E-state index in [1.165, 1.54) is 0 Å². The highest BCUT2D eigenvalue weighted by Gasteiger charge is 2.16. The van der Waals surface area contributed by atoms with E-state index in [-0.39, 0.29) is 5.54 Å². The van der Waals surface area contributed by atoms with Gasteiger partial charge in [-0.15, -0.1) is 0 Å². The van der Waals surface area contributed by atoms with Gasteiger partial charge < -0.3 is 15.8 Å². The van der Waals surface area contributed by atoms with Gasteiger partial charge in [0.05, 0.1) is 0 Å². The molecule has 0 aromatic heterocycles. The van der Waals surface area contributed by atoms with E-state index >= 15 is 0 Å². The first-order valence-corrected chi connectivity index (χ1v) is 5.04. The Balaban J connectivity index is 2.92. The van der Waals surface area contributed by atoms with Gasteiger partial charge in [-0.2, -0.15) is 0 Å². The zero-order chi connectivity index (χ0) is 11.6. The molecule has 0 amide bonds. The molecular weight excluding hydrogens is 189 g/mol. The van der Waals surface area contributed by atoms with Crippen LogP contribution >= 0.6 is 0 Å². The molecule has 0 fully saturated rings. The first kappa shape index (κ1) is 12.2. The fourth-order valence-electron chi connectivity index (χ4n) is 1.66. The van der Waals surface area contributed by atoms with E-state index in [1.54, 1.807) is 6.07 Å². The van der Waals surface area contributed by atoms with Gasteiger partial charge >= 0.3 is 7.12 Å². The molecular formula is C11H18BNO2. The third kappa shape index (κ3) is 3.66. The molecule has 0 saturated carbocycles. The summed E-state index contributed by atoms with van der Waals surface area (Å²) in [4.78, 5) is 0. The second-order valence-corrected chi connectivity index (χ2v) is 4.73. The summed E-state index contributed by atoms with van der Waals surface area (Å²) in [5, 5.41) is 18.1. The minimum absolute atomic E-state index is 0.244. The Morgan fingerprint density at radius 3 is 2.33 bits per heavy atom. The van der Waals surface area contributed by atoms with Gasteiger partial charge in [-0.25, -0.2) is 0 Å². The summed E-state index contributed by atoms with van der Waals surface area (Å²) >= 11 is 0. The van der Waals surface area contributed by atoms with E-state index in [1.807, 2.05) is 32.9 Å². The van der Waals surface area contributed by atoms with Crippen molar-refractivity contribution in [1.29, 1.82) is 0 Å². The molecule has 15 heavy (non-hydrogen) atoms. The van der Waals surface area contributed by atoms with Gasteiger partial charge in [0.2, 0.25) is 0 Å². The smallest absolute Gasteiger partial charge is 0.423 e. The van der Waals surface area contributed by atoms with Crippen molar-refractivity contribution in [2.24, 2.45) is 5.73 Å². The van der Waals surface area contributed by atoms with E-state index in [0.717, 1.165) is 17.5 Å². The summed E-state index contributed by atoms with van der Waals surface area (Å²) in [5.74, 6) is 0. The number of nitrogens with two attached hydrogens (primary N) is 1. The van der Waals surface area contributed by atoms with Gasteiger partial charge in [-0.3, -0.25) is 0 Å². The molecule has 0 bridgehead atoms. The first-order valence-electron chi connectivity index (χ1n) is 5.04.